The number of anilines is 1. The van der Waals surface area contributed by atoms with E-state index < -0.39 is 0 Å². The fourth-order valence-electron chi connectivity index (χ4n) is 6.12. The van der Waals surface area contributed by atoms with Crippen LogP contribution in [0.25, 0.3) is 0 Å². The molecule has 5 atom stereocenters. The van der Waals surface area contributed by atoms with Crippen LogP contribution in [0.4, 0.5) is 5.69 Å². The zero-order chi connectivity index (χ0) is 21.3. The molecule has 7 rings (SSSR count). The summed E-state index contributed by atoms with van der Waals surface area (Å²) in [7, 11) is 0. The third kappa shape index (κ3) is 2.40. The van der Waals surface area contributed by atoms with Gasteiger partial charge in [0, 0.05) is 11.8 Å². The number of amides is 2. The van der Waals surface area contributed by atoms with Gasteiger partial charge in [-0.3, -0.25) is 9.59 Å². The molecule has 3 aromatic rings. The molecule has 3 aromatic carbocycles. The lowest BCUT2D eigenvalue weighted by molar-refractivity contribution is -0.122. The molecule has 0 unspecified atom stereocenters. The monoisotopic (exact) mass is 407 g/mol. The first-order chi connectivity index (χ1) is 15.1. The van der Waals surface area contributed by atoms with Crippen LogP contribution >= 0.6 is 0 Å². The molecule has 1 heterocycles. The highest BCUT2D eigenvalue weighted by Gasteiger charge is 2.61. The number of carbonyl (C=O) groups excluding carboxylic acids is 2. The summed E-state index contributed by atoms with van der Waals surface area (Å²) in [5, 5.41) is 0. The Bertz CT molecular complexity index is 1210. The summed E-state index contributed by atoms with van der Waals surface area (Å²) in [6, 6.07) is 24.6. The molecule has 0 aromatic heterocycles. The van der Waals surface area contributed by atoms with Crippen molar-refractivity contribution in [2.45, 2.75) is 38.0 Å². The Labute approximate surface area is 182 Å². The van der Waals surface area contributed by atoms with Crippen molar-refractivity contribution in [2.24, 2.45) is 11.8 Å². The highest BCUT2D eigenvalue weighted by atomic mass is 16.2. The molecule has 2 bridgehead atoms. The standard InChI is InChI=1S/C28H25NO2/c1-3-16(2)17-13-14-21-22(15-17)24-20-12-8-7-11-19(20)23(21)25-26(24)28(31)29(27(25)30)18-9-5-4-6-10-18/h4-16,23-26H,3H2,1-2H3/t16-,23-,24-,25-,26+/m0/s1. The van der Waals surface area contributed by atoms with E-state index in [4.69, 9.17) is 0 Å². The third-order valence-corrected chi connectivity index (χ3v) is 7.76. The minimum Gasteiger partial charge on any atom is -0.274 e. The van der Waals surface area contributed by atoms with E-state index in [1.807, 2.05) is 30.3 Å². The van der Waals surface area contributed by atoms with E-state index in [0.717, 1.165) is 6.42 Å². The lowest BCUT2D eigenvalue weighted by Gasteiger charge is -2.46. The largest absolute Gasteiger partial charge is 0.274 e. The van der Waals surface area contributed by atoms with Crippen molar-refractivity contribution in [3.8, 4) is 0 Å². The lowest BCUT2D eigenvalue weighted by atomic mass is 9.54. The molecule has 1 fully saturated rings. The van der Waals surface area contributed by atoms with Crippen molar-refractivity contribution < 1.29 is 9.59 Å². The number of hydrogen-bond donors (Lipinski definition) is 0. The Morgan fingerprint density at radius 1 is 0.742 bits per heavy atom. The predicted octanol–water partition coefficient (Wildman–Crippen LogP) is 5.60. The molecule has 154 valence electrons. The summed E-state index contributed by atoms with van der Waals surface area (Å²) in [5.41, 5.74) is 6.92. The summed E-state index contributed by atoms with van der Waals surface area (Å²) < 4.78 is 0. The first-order valence-corrected chi connectivity index (χ1v) is 11.3. The predicted molar refractivity (Wildman–Crippen MR) is 121 cm³/mol. The first kappa shape index (κ1) is 18.6. The van der Waals surface area contributed by atoms with Crippen LogP contribution < -0.4 is 4.90 Å². The van der Waals surface area contributed by atoms with E-state index in [-0.39, 0.29) is 35.5 Å². The summed E-state index contributed by atoms with van der Waals surface area (Å²) >= 11 is 0. The summed E-state index contributed by atoms with van der Waals surface area (Å²) in [6.07, 6.45) is 1.08. The number of para-hydroxylation sites is 1. The van der Waals surface area contributed by atoms with Gasteiger partial charge in [-0.1, -0.05) is 74.5 Å². The van der Waals surface area contributed by atoms with Crippen LogP contribution in [0, 0.1) is 11.8 Å². The van der Waals surface area contributed by atoms with Gasteiger partial charge in [-0.25, -0.2) is 4.90 Å². The van der Waals surface area contributed by atoms with E-state index in [2.05, 4.69) is 56.3 Å². The van der Waals surface area contributed by atoms with Crippen LogP contribution in [0.1, 0.15) is 65.8 Å². The van der Waals surface area contributed by atoms with Gasteiger partial charge in [0.05, 0.1) is 17.5 Å². The zero-order valence-corrected chi connectivity index (χ0v) is 17.8. The minimum atomic E-state index is -0.327. The van der Waals surface area contributed by atoms with Gasteiger partial charge >= 0.3 is 0 Å². The maximum Gasteiger partial charge on any atom is 0.238 e. The van der Waals surface area contributed by atoms with Crippen molar-refractivity contribution >= 4 is 17.5 Å². The molecule has 3 aliphatic carbocycles. The third-order valence-electron chi connectivity index (χ3n) is 7.76. The van der Waals surface area contributed by atoms with Crippen LogP contribution in [0.3, 0.4) is 0 Å². The number of imide groups is 1. The number of rotatable bonds is 3. The molecule has 31 heavy (non-hydrogen) atoms. The Balaban J connectivity index is 1.56. The second-order valence-corrected chi connectivity index (χ2v) is 9.18. The molecule has 0 saturated carbocycles. The van der Waals surface area contributed by atoms with Crippen molar-refractivity contribution in [1.29, 1.82) is 0 Å². The maximum absolute atomic E-state index is 13.7. The molecule has 0 radical (unpaired) electrons. The minimum absolute atomic E-state index is 0.0507. The van der Waals surface area contributed by atoms with Crippen molar-refractivity contribution in [3.63, 3.8) is 0 Å². The summed E-state index contributed by atoms with van der Waals surface area (Å²) in [4.78, 5) is 28.9. The van der Waals surface area contributed by atoms with Crippen LogP contribution in [-0.4, -0.2) is 11.8 Å². The normalized spacial score (nSPS) is 26.5. The second-order valence-electron chi connectivity index (χ2n) is 9.18. The molecule has 4 aliphatic rings. The lowest BCUT2D eigenvalue weighted by Crippen LogP contribution is -2.41. The topological polar surface area (TPSA) is 37.4 Å². The fraction of sp³-hybridized carbons (Fsp3) is 0.286. The van der Waals surface area contributed by atoms with Crippen LogP contribution in [0.2, 0.25) is 0 Å². The first-order valence-electron chi connectivity index (χ1n) is 11.3. The zero-order valence-electron chi connectivity index (χ0n) is 17.8. The van der Waals surface area contributed by atoms with E-state index in [9.17, 15) is 9.59 Å². The molecule has 3 heteroatoms. The SMILES string of the molecule is CC[C@H](C)c1ccc2c(c1)[C@@H]1c3ccccc3[C@@H]2[C@@H]2C(=O)N(c3ccccc3)C(=O)[C@H]12. The van der Waals surface area contributed by atoms with Gasteiger partial charge in [-0.15, -0.1) is 0 Å². The Morgan fingerprint density at radius 2 is 1.29 bits per heavy atom. The summed E-state index contributed by atoms with van der Waals surface area (Å²) in [6.45, 7) is 4.46. The Kier molecular flexibility index (Phi) is 3.98. The molecular weight excluding hydrogens is 382 g/mol. The van der Waals surface area contributed by atoms with E-state index >= 15 is 0 Å². The van der Waals surface area contributed by atoms with Gasteiger partial charge < -0.3 is 0 Å². The van der Waals surface area contributed by atoms with Gasteiger partial charge in [0.1, 0.15) is 0 Å². The number of benzene rings is 3. The highest BCUT2D eigenvalue weighted by Crippen LogP contribution is 2.61. The maximum atomic E-state index is 13.7. The molecular formula is C28H25NO2. The van der Waals surface area contributed by atoms with E-state index in [1.165, 1.54) is 32.7 Å². The molecule has 2 amide bonds. The molecule has 1 saturated heterocycles. The van der Waals surface area contributed by atoms with Gasteiger partial charge in [0.2, 0.25) is 11.8 Å². The van der Waals surface area contributed by atoms with Gasteiger partial charge in [0.15, 0.2) is 0 Å². The van der Waals surface area contributed by atoms with Crippen molar-refractivity contribution in [3.05, 3.63) is 101 Å². The quantitative estimate of drug-likeness (QED) is 0.530. The number of nitrogens with zero attached hydrogens (tertiary/aromatic N) is 1. The van der Waals surface area contributed by atoms with Crippen LogP contribution in [0.5, 0.6) is 0 Å². The smallest absolute Gasteiger partial charge is 0.238 e. The average molecular weight is 408 g/mol. The molecule has 3 nitrogen and oxygen atoms in total. The molecule has 0 spiro atoms. The molecule has 0 N–H and O–H groups in total. The van der Waals surface area contributed by atoms with E-state index in [0.29, 0.717) is 11.6 Å². The number of hydrogen-bond acceptors (Lipinski definition) is 2. The number of carbonyl (C=O) groups is 2. The van der Waals surface area contributed by atoms with Gasteiger partial charge in [-0.05, 0) is 52.3 Å². The Morgan fingerprint density at radius 3 is 1.90 bits per heavy atom. The van der Waals surface area contributed by atoms with Gasteiger partial charge in [-0.2, -0.15) is 0 Å². The second kappa shape index (κ2) is 6.65. The highest BCUT2D eigenvalue weighted by molar-refractivity contribution is 6.23. The van der Waals surface area contributed by atoms with Gasteiger partial charge in [0.25, 0.3) is 0 Å². The van der Waals surface area contributed by atoms with Crippen molar-refractivity contribution in [1.82, 2.24) is 0 Å². The molecule has 1 aliphatic heterocycles. The van der Waals surface area contributed by atoms with Crippen molar-refractivity contribution in [2.75, 3.05) is 4.90 Å². The van der Waals surface area contributed by atoms with Crippen LogP contribution in [0.15, 0.2) is 72.8 Å². The fourth-order valence-corrected chi connectivity index (χ4v) is 6.12. The average Bonchev–Trinajstić information content (AvgIpc) is 3.09. The summed E-state index contributed by atoms with van der Waals surface area (Å²) in [5.74, 6) is -0.402. The van der Waals surface area contributed by atoms with Crippen LogP contribution in [-0.2, 0) is 9.59 Å². The Hall–Kier alpha value is -3.20. The van der Waals surface area contributed by atoms with E-state index in [1.54, 1.807) is 0 Å².